The van der Waals surface area contributed by atoms with E-state index < -0.39 is 12.1 Å². The fourth-order valence-electron chi connectivity index (χ4n) is 2.18. The molecule has 3 N–H and O–H groups in total. The van der Waals surface area contributed by atoms with Gasteiger partial charge in [0.25, 0.3) is 0 Å². The van der Waals surface area contributed by atoms with Gasteiger partial charge in [-0.15, -0.1) is 0 Å². The highest BCUT2D eigenvalue weighted by molar-refractivity contribution is 5.97. The zero-order valence-electron chi connectivity index (χ0n) is 14.6. The average molecular weight is 352 g/mol. The van der Waals surface area contributed by atoms with Gasteiger partial charge in [-0.3, -0.25) is 10.1 Å². The summed E-state index contributed by atoms with van der Waals surface area (Å²) in [6.07, 6.45) is -0.517. The standard InChI is InChI=1S/C19H20N4O3/c1-3-26-19(25)22-16-10-8-15(9-11-16)21-13(2)18(24)23-17-7-5-4-6-14(17)12-20/h4-11,13,21H,3H2,1-2H3,(H,22,25)(H,23,24). The van der Waals surface area contributed by atoms with Crippen LogP contribution in [-0.4, -0.2) is 24.6 Å². The van der Waals surface area contributed by atoms with Crippen LogP contribution >= 0.6 is 0 Å². The number of benzene rings is 2. The lowest BCUT2D eigenvalue weighted by atomic mass is 10.2. The van der Waals surface area contributed by atoms with E-state index >= 15 is 0 Å². The van der Waals surface area contributed by atoms with Gasteiger partial charge in [-0.1, -0.05) is 12.1 Å². The normalized spacial score (nSPS) is 11.0. The molecule has 2 amide bonds. The van der Waals surface area contributed by atoms with Crippen molar-refractivity contribution in [1.29, 1.82) is 5.26 Å². The summed E-state index contributed by atoms with van der Waals surface area (Å²) < 4.78 is 4.81. The van der Waals surface area contributed by atoms with Gasteiger partial charge in [0.05, 0.1) is 17.9 Å². The fourth-order valence-corrected chi connectivity index (χ4v) is 2.18. The molecule has 2 rings (SSSR count). The summed E-state index contributed by atoms with van der Waals surface area (Å²) in [6, 6.07) is 15.2. The number of carbonyl (C=O) groups is 2. The minimum atomic E-state index is -0.523. The Morgan fingerprint density at radius 2 is 1.73 bits per heavy atom. The molecule has 2 aromatic carbocycles. The lowest BCUT2D eigenvalue weighted by Gasteiger charge is -2.16. The van der Waals surface area contributed by atoms with E-state index in [0.29, 0.717) is 23.5 Å². The van der Waals surface area contributed by atoms with Gasteiger partial charge < -0.3 is 15.4 Å². The Bertz CT molecular complexity index is 812. The number of carbonyl (C=O) groups excluding carboxylic acids is 2. The highest BCUT2D eigenvalue weighted by atomic mass is 16.5. The fraction of sp³-hybridized carbons (Fsp3) is 0.211. The maximum absolute atomic E-state index is 12.3. The Morgan fingerprint density at radius 3 is 2.38 bits per heavy atom. The molecule has 0 heterocycles. The minimum absolute atomic E-state index is 0.263. The molecule has 2 aromatic rings. The summed E-state index contributed by atoms with van der Waals surface area (Å²) >= 11 is 0. The summed E-state index contributed by atoms with van der Waals surface area (Å²) in [7, 11) is 0. The maximum atomic E-state index is 12.3. The second kappa shape index (κ2) is 9.08. The second-order valence-electron chi connectivity index (χ2n) is 5.44. The predicted octanol–water partition coefficient (Wildman–Crippen LogP) is 3.57. The Kier molecular flexibility index (Phi) is 6.57. The Morgan fingerprint density at radius 1 is 1.08 bits per heavy atom. The number of para-hydroxylation sites is 1. The van der Waals surface area contributed by atoms with Crippen molar-refractivity contribution >= 4 is 29.1 Å². The molecule has 7 heteroatoms. The Hall–Kier alpha value is -3.53. The third-order valence-electron chi connectivity index (χ3n) is 3.49. The first-order valence-corrected chi connectivity index (χ1v) is 8.14. The van der Waals surface area contributed by atoms with Gasteiger partial charge >= 0.3 is 6.09 Å². The second-order valence-corrected chi connectivity index (χ2v) is 5.44. The molecular weight excluding hydrogens is 332 g/mol. The zero-order chi connectivity index (χ0) is 18.9. The molecule has 0 fully saturated rings. The van der Waals surface area contributed by atoms with Crippen LogP contribution in [0, 0.1) is 11.3 Å². The molecule has 0 saturated carbocycles. The Balaban J connectivity index is 1.94. The molecule has 134 valence electrons. The molecule has 0 spiro atoms. The SMILES string of the molecule is CCOC(=O)Nc1ccc(NC(C)C(=O)Nc2ccccc2C#N)cc1. The van der Waals surface area contributed by atoms with Crippen LogP contribution in [0.3, 0.4) is 0 Å². The quantitative estimate of drug-likeness (QED) is 0.737. The van der Waals surface area contributed by atoms with E-state index in [1.165, 1.54) is 0 Å². The van der Waals surface area contributed by atoms with Gasteiger partial charge in [0.1, 0.15) is 12.1 Å². The zero-order valence-corrected chi connectivity index (χ0v) is 14.6. The van der Waals surface area contributed by atoms with Gasteiger partial charge in [-0.25, -0.2) is 4.79 Å². The van der Waals surface area contributed by atoms with Crippen LogP contribution in [0.2, 0.25) is 0 Å². The first-order chi connectivity index (χ1) is 12.5. The van der Waals surface area contributed by atoms with Crippen LogP contribution in [0.1, 0.15) is 19.4 Å². The van der Waals surface area contributed by atoms with Gasteiger partial charge in [-0.2, -0.15) is 5.26 Å². The summed E-state index contributed by atoms with van der Waals surface area (Å²) in [5.41, 5.74) is 2.19. The van der Waals surface area contributed by atoms with E-state index in [1.807, 2.05) is 6.07 Å². The monoisotopic (exact) mass is 352 g/mol. The van der Waals surface area contributed by atoms with Gasteiger partial charge in [0.15, 0.2) is 0 Å². The molecule has 0 aromatic heterocycles. The van der Waals surface area contributed by atoms with E-state index in [-0.39, 0.29) is 5.91 Å². The van der Waals surface area contributed by atoms with E-state index in [4.69, 9.17) is 10.00 Å². The van der Waals surface area contributed by atoms with Crippen LogP contribution in [0.5, 0.6) is 0 Å². The molecular formula is C19H20N4O3. The third-order valence-corrected chi connectivity index (χ3v) is 3.49. The number of nitrogens with zero attached hydrogens (tertiary/aromatic N) is 1. The highest BCUT2D eigenvalue weighted by Crippen LogP contribution is 2.17. The maximum Gasteiger partial charge on any atom is 0.411 e. The number of rotatable bonds is 6. The molecule has 1 unspecified atom stereocenters. The summed E-state index contributed by atoms with van der Waals surface area (Å²) in [5, 5.41) is 17.5. The van der Waals surface area contributed by atoms with Crippen molar-refractivity contribution in [3.8, 4) is 6.07 Å². The largest absolute Gasteiger partial charge is 0.450 e. The van der Waals surface area contributed by atoms with Crippen molar-refractivity contribution in [3.63, 3.8) is 0 Å². The molecule has 0 aliphatic rings. The van der Waals surface area contributed by atoms with Crippen molar-refractivity contribution < 1.29 is 14.3 Å². The van der Waals surface area contributed by atoms with Crippen molar-refractivity contribution in [2.45, 2.75) is 19.9 Å². The molecule has 26 heavy (non-hydrogen) atoms. The summed E-state index contributed by atoms with van der Waals surface area (Å²) in [5.74, 6) is -0.263. The third kappa shape index (κ3) is 5.24. The predicted molar refractivity (Wildman–Crippen MR) is 100.0 cm³/mol. The van der Waals surface area contributed by atoms with Crippen molar-refractivity contribution in [2.75, 3.05) is 22.6 Å². The van der Waals surface area contributed by atoms with Crippen LogP contribution < -0.4 is 16.0 Å². The Labute approximate surface area is 152 Å². The lowest BCUT2D eigenvalue weighted by Crippen LogP contribution is -2.32. The van der Waals surface area contributed by atoms with Crippen LogP contribution in [0.4, 0.5) is 21.9 Å². The van der Waals surface area contributed by atoms with Crippen LogP contribution in [0.25, 0.3) is 0 Å². The highest BCUT2D eigenvalue weighted by Gasteiger charge is 2.14. The molecule has 0 aliphatic heterocycles. The topological polar surface area (TPSA) is 103 Å². The van der Waals surface area contributed by atoms with E-state index in [0.717, 1.165) is 5.69 Å². The number of hydrogen-bond acceptors (Lipinski definition) is 5. The molecule has 0 aliphatic carbocycles. The molecule has 1 atom stereocenters. The van der Waals surface area contributed by atoms with Gasteiger partial charge in [-0.05, 0) is 50.2 Å². The average Bonchev–Trinajstić information content (AvgIpc) is 2.64. The van der Waals surface area contributed by atoms with Crippen LogP contribution in [-0.2, 0) is 9.53 Å². The number of amides is 2. The summed E-state index contributed by atoms with van der Waals surface area (Å²) in [4.78, 5) is 23.7. The number of hydrogen-bond donors (Lipinski definition) is 3. The molecule has 7 nitrogen and oxygen atoms in total. The number of ether oxygens (including phenoxy) is 1. The first kappa shape index (κ1) is 18.8. The van der Waals surface area contributed by atoms with E-state index in [9.17, 15) is 9.59 Å². The van der Waals surface area contributed by atoms with Crippen molar-refractivity contribution in [3.05, 3.63) is 54.1 Å². The van der Waals surface area contributed by atoms with Crippen LogP contribution in [0.15, 0.2) is 48.5 Å². The number of anilines is 3. The first-order valence-electron chi connectivity index (χ1n) is 8.14. The van der Waals surface area contributed by atoms with Crippen molar-refractivity contribution in [1.82, 2.24) is 0 Å². The number of nitriles is 1. The summed E-state index contributed by atoms with van der Waals surface area (Å²) in [6.45, 7) is 3.75. The lowest BCUT2D eigenvalue weighted by molar-refractivity contribution is -0.116. The molecule has 0 bridgehead atoms. The van der Waals surface area contributed by atoms with Gasteiger partial charge in [0.2, 0.25) is 5.91 Å². The van der Waals surface area contributed by atoms with Gasteiger partial charge in [0, 0.05) is 11.4 Å². The minimum Gasteiger partial charge on any atom is -0.450 e. The molecule has 0 radical (unpaired) electrons. The number of nitrogens with one attached hydrogen (secondary N) is 3. The smallest absolute Gasteiger partial charge is 0.411 e. The molecule has 0 saturated heterocycles. The van der Waals surface area contributed by atoms with Crippen molar-refractivity contribution in [2.24, 2.45) is 0 Å². The van der Waals surface area contributed by atoms with E-state index in [1.54, 1.807) is 62.4 Å². The van der Waals surface area contributed by atoms with E-state index in [2.05, 4.69) is 16.0 Å².